The molecule has 6 nitrogen and oxygen atoms in total. The van der Waals surface area contributed by atoms with Crippen molar-refractivity contribution in [3.05, 3.63) is 24.0 Å². The highest BCUT2D eigenvalue weighted by Gasteiger charge is 2.21. The van der Waals surface area contributed by atoms with Crippen LogP contribution in [0.25, 0.3) is 0 Å². The lowest BCUT2D eigenvalue weighted by molar-refractivity contribution is 0.146. The molecule has 0 fully saturated rings. The van der Waals surface area contributed by atoms with E-state index in [1.54, 1.807) is 0 Å². The average molecular weight is 339 g/mol. The predicted octanol–water partition coefficient (Wildman–Crippen LogP) is 0.934. The Morgan fingerprint density at radius 2 is 1.90 bits per heavy atom. The average Bonchev–Trinajstić information content (AvgIpc) is 2.37. The zero-order valence-electron chi connectivity index (χ0n) is 11.8. The first-order chi connectivity index (χ1) is 9.68. The molecule has 1 aromatic carbocycles. The van der Waals surface area contributed by atoms with Crippen LogP contribution < -0.4 is 4.72 Å². The molecule has 0 amide bonds. The van der Waals surface area contributed by atoms with Crippen LogP contribution >= 0.6 is 0 Å². The van der Waals surface area contributed by atoms with Crippen LogP contribution in [0.5, 0.6) is 0 Å². The standard InChI is InChI=1S/C12H18FNO5S2/c1-3-19-8-4-7-14-21(17,18)12-9-10(20(2,15)16)5-6-11(12)13/h5-6,9,14H,3-4,7-8H2,1-2H3. The van der Waals surface area contributed by atoms with Crippen LogP contribution in [0.2, 0.25) is 0 Å². The highest BCUT2D eigenvalue weighted by Crippen LogP contribution is 2.19. The van der Waals surface area contributed by atoms with Gasteiger partial charge in [-0.3, -0.25) is 0 Å². The monoisotopic (exact) mass is 339 g/mol. The number of hydrogen-bond donors (Lipinski definition) is 1. The summed E-state index contributed by atoms with van der Waals surface area (Å²) in [6.45, 7) is 2.80. The van der Waals surface area contributed by atoms with E-state index in [2.05, 4.69) is 4.72 Å². The van der Waals surface area contributed by atoms with Gasteiger partial charge in [0, 0.05) is 26.0 Å². The highest BCUT2D eigenvalue weighted by atomic mass is 32.2. The van der Waals surface area contributed by atoms with Crippen molar-refractivity contribution in [2.45, 2.75) is 23.1 Å². The predicted molar refractivity (Wildman–Crippen MR) is 75.8 cm³/mol. The zero-order valence-corrected chi connectivity index (χ0v) is 13.4. The van der Waals surface area contributed by atoms with Gasteiger partial charge in [-0.25, -0.2) is 25.9 Å². The van der Waals surface area contributed by atoms with Crippen molar-refractivity contribution in [2.24, 2.45) is 0 Å². The van der Waals surface area contributed by atoms with Gasteiger partial charge < -0.3 is 4.74 Å². The Morgan fingerprint density at radius 1 is 1.24 bits per heavy atom. The third-order valence-corrected chi connectivity index (χ3v) is 5.17. The first-order valence-electron chi connectivity index (χ1n) is 6.25. The molecule has 1 N–H and O–H groups in total. The summed E-state index contributed by atoms with van der Waals surface area (Å²) in [5.74, 6) is -1.00. The van der Waals surface area contributed by atoms with Gasteiger partial charge in [0.15, 0.2) is 9.84 Å². The fourth-order valence-electron chi connectivity index (χ4n) is 1.52. The summed E-state index contributed by atoms with van der Waals surface area (Å²) in [5.41, 5.74) is 0. The van der Waals surface area contributed by atoms with Crippen LogP contribution in [0, 0.1) is 5.82 Å². The lowest BCUT2D eigenvalue weighted by Crippen LogP contribution is -2.26. The molecule has 0 unspecified atom stereocenters. The van der Waals surface area contributed by atoms with E-state index >= 15 is 0 Å². The molecule has 120 valence electrons. The number of hydrogen-bond acceptors (Lipinski definition) is 5. The normalized spacial score (nSPS) is 12.5. The van der Waals surface area contributed by atoms with E-state index in [9.17, 15) is 21.2 Å². The minimum absolute atomic E-state index is 0.0743. The van der Waals surface area contributed by atoms with E-state index in [0.717, 1.165) is 24.5 Å². The second kappa shape index (κ2) is 7.30. The van der Waals surface area contributed by atoms with Gasteiger partial charge in [0.25, 0.3) is 0 Å². The molecule has 0 saturated heterocycles. The maximum Gasteiger partial charge on any atom is 0.243 e. The topological polar surface area (TPSA) is 89.5 Å². The second-order valence-corrected chi connectivity index (χ2v) is 8.06. The van der Waals surface area contributed by atoms with Crippen molar-refractivity contribution in [1.82, 2.24) is 4.72 Å². The van der Waals surface area contributed by atoms with Crippen molar-refractivity contribution < 1.29 is 26.0 Å². The van der Waals surface area contributed by atoms with Gasteiger partial charge in [-0.2, -0.15) is 0 Å². The van der Waals surface area contributed by atoms with E-state index in [1.807, 2.05) is 6.92 Å². The Labute approximate surface area is 124 Å². The van der Waals surface area contributed by atoms with Gasteiger partial charge in [0.2, 0.25) is 10.0 Å². The zero-order chi connectivity index (χ0) is 16.1. The van der Waals surface area contributed by atoms with Crippen LogP contribution in [0.15, 0.2) is 28.0 Å². The molecule has 0 aliphatic heterocycles. The van der Waals surface area contributed by atoms with Crippen molar-refractivity contribution in [3.63, 3.8) is 0 Å². The van der Waals surface area contributed by atoms with E-state index in [4.69, 9.17) is 4.74 Å². The van der Waals surface area contributed by atoms with Crippen LogP contribution in [0.3, 0.4) is 0 Å². The number of benzene rings is 1. The Kier molecular flexibility index (Phi) is 6.26. The molecule has 0 radical (unpaired) electrons. The molecule has 1 aromatic rings. The van der Waals surface area contributed by atoms with Crippen LogP contribution in [0.1, 0.15) is 13.3 Å². The molecule has 0 aliphatic carbocycles. The van der Waals surface area contributed by atoms with Crippen molar-refractivity contribution in [2.75, 3.05) is 26.0 Å². The summed E-state index contributed by atoms with van der Waals surface area (Å²) in [6, 6.07) is 2.67. The van der Waals surface area contributed by atoms with Crippen molar-refractivity contribution >= 4 is 19.9 Å². The van der Waals surface area contributed by atoms with Crippen LogP contribution in [-0.2, 0) is 24.6 Å². The van der Waals surface area contributed by atoms with E-state index in [1.165, 1.54) is 0 Å². The van der Waals surface area contributed by atoms with E-state index in [0.29, 0.717) is 19.6 Å². The summed E-state index contributed by atoms with van der Waals surface area (Å²) >= 11 is 0. The Hall–Kier alpha value is -1.03. The molecule has 0 aliphatic rings. The van der Waals surface area contributed by atoms with E-state index in [-0.39, 0.29) is 11.4 Å². The molecule has 0 heterocycles. The smallest absolute Gasteiger partial charge is 0.243 e. The van der Waals surface area contributed by atoms with Gasteiger partial charge >= 0.3 is 0 Å². The largest absolute Gasteiger partial charge is 0.382 e. The fraction of sp³-hybridized carbons (Fsp3) is 0.500. The first kappa shape index (κ1) is 18.0. The SMILES string of the molecule is CCOCCCNS(=O)(=O)c1cc(S(C)(=O)=O)ccc1F. The third kappa shape index (κ3) is 5.34. The van der Waals surface area contributed by atoms with Crippen molar-refractivity contribution in [1.29, 1.82) is 0 Å². The Morgan fingerprint density at radius 3 is 2.48 bits per heavy atom. The van der Waals surface area contributed by atoms with Crippen molar-refractivity contribution in [3.8, 4) is 0 Å². The summed E-state index contributed by atoms with van der Waals surface area (Å²) in [7, 11) is -7.72. The Bertz CT molecular complexity index is 686. The second-order valence-electron chi connectivity index (χ2n) is 4.31. The lowest BCUT2D eigenvalue weighted by atomic mass is 10.3. The molecule has 0 saturated carbocycles. The van der Waals surface area contributed by atoms with Gasteiger partial charge in [-0.1, -0.05) is 0 Å². The number of nitrogens with one attached hydrogen (secondary N) is 1. The van der Waals surface area contributed by atoms with Gasteiger partial charge in [0.1, 0.15) is 10.7 Å². The van der Waals surface area contributed by atoms with Gasteiger partial charge in [-0.15, -0.1) is 0 Å². The summed E-state index contributed by atoms with van der Waals surface area (Å²) in [4.78, 5) is -0.930. The van der Waals surface area contributed by atoms with Gasteiger partial charge in [-0.05, 0) is 31.5 Å². The molecule has 0 aromatic heterocycles. The lowest BCUT2D eigenvalue weighted by Gasteiger charge is -2.09. The molecular formula is C12H18FNO5S2. The molecule has 1 rings (SSSR count). The van der Waals surface area contributed by atoms with E-state index < -0.39 is 30.6 Å². The number of sulfone groups is 1. The quantitative estimate of drug-likeness (QED) is 0.562. The minimum atomic E-state index is -4.11. The first-order valence-corrected chi connectivity index (χ1v) is 9.63. The third-order valence-electron chi connectivity index (χ3n) is 2.58. The maximum absolute atomic E-state index is 13.6. The maximum atomic E-state index is 13.6. The Balaban J connectivity index is 2.92. The molecule has 9 heteroatoms. The summed E-state index contributed by atoms with van der Waals surface area (Å²) in [5, 5.41) is 0. The summed E-state index contributed by atoms with van der Waals surface area (Å²) < 4.78 is 67.7. The summed E-state index contributed by atoms with van der Waals surface area (Å²) in [6.07, 6.45) is 1.35. The van der Waals surface area contributed by atoms with Crippen LogP contribution in [-0.4, -0.2) is 42.8 Å². The van der Waals surface area contributed by atoms with Gasteiger partial charge in [0.05, 0.1) is 4.90 Å². The highest BCUT2D eigenvalue weighted by molar-refractivity contribution is 7.91. The van der Waals surface area contributed by atoms with Crippen LogP contribution in [0.4, 0.5) is 4.39 Å². The molecule has 0 bridgehead atoms. The molecule has 0 spiro atoms. The fourth-order valence-corrected chi connectivity index (χ4v) is 3.42. The number of halogens is 1. The number of ether oxygens (including phenoxy) is 1. The number of rotatable bonds is 8. The molecule has 0 atom stereocenters. The number of sulfonamides is 1. The molecule has 21 heavy (non-hydrogen) atoms. The minimum Gasteiger partial charge on any atom is -0.382 e. The molecular weight excluding hydrogens is 321 g/mol.